The zero-order chi connectivity index (χ0) is 13.3. The molecule has 0 unspecified atom stereocenters. The van der Waals surface area contributed by atoms with Gasteiger partial charge in [-0.3, -0.25) is 20.4 Å². The van der Waals surface area contributed by atoms with Crippen LogP contribution in [-0.4, -0.2) is 29.2 Å². The lowest BCUT2D eigenvalue weighted by Gasteiger charge is -2.26. The van der Waals surface area contributed by atoms with Gasteiger partial charge in [0.15, 0.2) is 0 Å². The quantitative estimate of drug-likeness (QED) is 0.445. The topological polar surface area (TPSA) is 73.8 Å². The second-order valence-corrected chi connectivity index (χ2v) is 2.97. The Morgan fingerprint density at radius 2 is 2.24 bits per heavy atom. The van der Waals surface area contributed by atoms with Gasteiger partial charge in [0.25, 0.3) is 0 Å². The van der Waals surface area contributed by atoms with E-state index >= 15 is 0 Å². The molecule has 1 saturated heterocycles. The lowest BCUT2D eigenvalue weighted by molar-refractivity contribution is -0.121. The van der Waals surface area contributed by atoms with Gasteiger partial charge in [-0.1, -0.05) is 27.4 Å². The average Bonchev–Trinajstić information content (AvgIpc) is 2.34. The predicted molar refractivity (Wildman–Crippen MR) is 67.3 cm³/mol. The van der Waals surface area contributed by atoms with E-state index in [1.54, 1.807) is 0 Å². The summed E-state index contributed by atoms with van der Waals surface area (Å²) >= 11 is 0. The van der Waals surface area contributed by atoms with Crippen molar-refractivity contribution in [2.24, 2.45) is 5.10 Å². The third-order valence-electron chi connectivity index (χ3n) is 1.97. The molecule has 1 heterocycles. The summed E-state index contributed by atoms with van der Waals surface area (Å²) in [7, 11) is 0. The first-order chi connectivity index (χ1) is 8.19. The highest BCUT2D eigenvalue weighted by Crippen LogP contribution is 2.04. The Morgan fingerprint density at radius 3 is 2.71 bits per heavy atom. The summed E-state index contributed by atoms with van der Waals surface area (Å²) < 4.78 is 0. The Labute approximate surface area is 102 Å². The summed E-state index contributed by atoms with van der Waals surface area (Å²) in [5, 5.41) is 6.20. The summed E-state index contributed by atoms with van der Waals surface area (Å²) in [6.07, 6.45) is 2.32. The van der Waals surface area contributed by atoms with Gasteiger partial charge >= 0.3 is 6.03 Å². The van der Waals surface area contributed by atoms with Crippen molar-refractivity contribution in [3.63, 3.8) is 0 Å². The number of urea groups is 1. The highest BCUT2D eigenvalue weighted by atomic mass is 16.2. The van der Waals surface area contributed by atoms with Crippen LogP contribution in [0.2, 0.25) is 0 Å². The zero-order valence-corrected chi connectivity index (χ0v) is 10.6. The molecule has 0 spiro atoms. The Kier molecular flexibility index (Phi) is 7.41. The van der Waals surface area contributed by atoms with Crippen LogP contribution >= 0.6 is 0 Å². The average molecular weight is 240 g/mol. The predicted octanol–water partition coefficient (Wildman–Crippen LogP) is 1.41. The Morgan fingerprint density at radius 1 is 1.59 bits per heavy atom. The third kappa shape index (κ3) is 4.67. The summed E-state index contributed by atoms with van der Waals surface area (Å²) in [6, 6.07) is -0.419. The van der Waals surface area contributed by atoms with Crippen LogP contribution in [-0.2, 0) is 4.79 Å². The van der Waals surface area contributed by atoms with Crippen molar-refractivity contribution in [1.82, 2.24) is 15.6 Å². The fourth-order valence-electron chi connectivity index (χ4n) is 1.26. The summed E-state index contributed by atoms with van der Waals surface area (Å²) in [4.78, 5) is 23.8. The van der Waals surface area contributed by atoms with Gasteiger partial charge in [-0.25, -0.2) is 4.79 Å². The van der Waals surface area contributed by atoms with Crippen molar-refractivity contribution in [2.45, 2.75) is 33.6 Å². The van der Waals surface area contributed by atoms with E-state index in [4.69, 9.17) is 0 Å². The van der Waals surface area contributed by atoms with E-state index in [9.17, 15) is 9.59 Å². The van der Waals surface area contributed by atoms with E-state index in [0.717, 1.165) is 0 Å². The number of carbonyl (C=O) groups excluding carboxylic acids is 2. The van der Waals surface area contributed by atoms with Crippen LogP contribution in [0.4, 0.5) is 4.79 Å². The number of amides is 3. The number of hydrazone groups is 1. The molecule has 0 atom stereocenters. The minimum Gasteiger partial charge on any atom is -0.285 e. The number of carbonyl (C=O) groups is 2. The molecule has 17 heavy (non-hydrogen) atoms. The van der Waals surface area contributed by atoms with Crippen LogP contribution in [0.25, 0.3) is 0 Å². The van der Waals surface area contributed by atoms with Crippen molar-refractivity contribution < 1.29 is 9.59 Å². The smallest absolute Gasteiger partial charge is 0.285 e. The second-order valence-electron chi connectivity index (χ2n) is 2.97. The lowest BCUT2D eigenvalue weighted by Crippen LogP contribution is -2.52. The molecular formula is C11H20N4O2. The number of imide groups is 1. The molecule has 1 aliphatic rings. The maximum atomic E-state index is 11.4. The molecule has 0 bridgehead atoms. The molecule has 1 rings (SSSR count). The lowest BCUT2D eigenvalue weighted by atomic mass is 10.3. The first kappa shape index (κ1) is 15.2. The van der Waals surface area contributed by atoms with Gasteiger partial charge < -0.3 is 0 Å². The Bertz CT molecular complexity index is 313. The van der Waals surface area contributed by atoms with E-state index in [0.29, 0.717) is 25.2 Å². The number of amidine groups is 1. The number of nitrogens with zero attached hydrogens (tertiary/aromatic N) is 2. The molecule has 0 aliphatic carbocycles. The summed E-state index contributed by atoms with van der Waals surface area (Å²) in [6.45, 7) is 9.71. The molecule has 6 heteroatoms. The van der Waals surface area contributed by atoms with E-state index < -0.39 is 6.03 Å². The maximum absolute atomic E-state index is 11.4. The Hall–Kier alpha value is -1.85. The van der Waals surface area contributed by atoms with Gasteiger partial charge in [-0.05, 0) is 0 Å². The van der Waals surface area contributed by atoms with Crippen molar-refractivity contribution in [1.29, 1.82) is 0 Å². The number of hydrogen-bond acceptors (Lipinski definition) is 4. The van der Waals surface area contributed by atoms with Gasteiger partial charge in [-0.2, -0.15) is 5.10 Å². The molecule has 0 saturated carbocycles. The fourth-order valence-corrected chi connectivity index (χ4v) is 1.26. The van der Waals surface area contributed by atoms with Crippen LogP contribution in [0.3, 0.4) is 0 Å². The molecule has 0 aromatic heterocycles. The molecule has 2 N–H and O–H groups in total. The number of hydrogen-bond donors (Lipinski definition) is 2. The highest BCUT2D eigenvalue weighted by Gasteiger charge is 2.25. The normalized spacial score (nSPS) is 15.7. The van der Waals surface area contributed by atoms with E-state index in [-0.39, 0.29) is 5.91 Å². The second kappa shape index (κ2) is 8.32. The fraction of sp³-hybridized carbons (Fsp3) is 0.545. The molecule has 0 aromatic carbocycles. The van der Waals surface area contributed by atoms with E-state index in [1.165, 1.54) is 11.1 Å². The largest absolute Gasteiger partial charge is 0.329 e. The van der Waals surface area contributed by atoms with Crippen molar-refractivity contribution in [3.8, 4) is 0 Å². The maximum Gasteiger partial charge on any atom is 0.329 e. The van der Waals surface area contributed by atoms with Crippen LogP contribution in [0.15, 0.2) is 17.9 Å². The first-order valence-electron chi connectivity index (χ1n) is 5.73. The van der Waals surface area contributed by atoms with Crippen LogP contribution < -0.4 is 10.7 Å². The van der Waals surface area contributed by atoms with Crippen molar-refractivity contribution in [3.05, 3.63) is 12.8 Å². The minimum atomic E-state index is -0.419. The van der Waals surface area contributed by atoms with E-state index in [1.807, 2.05) is 20.8 Å². The van der Waals surface area contributed by atoms with Gasteiger partial charge in [-0.15, -0.1) is 0 Å². The SMILES string of the molecule is C=CN/N=C(\CC)N1CCC(=O)NC1=O.CC. The Balaban J connectivity index is 0.00000121. The highest BCUT2D eigenvalue weighted by molar-refractivity contribution is 6.05. The molecule has 1 fully saturated rings. The summed E-state index contributed by atoms with van der Waals surface area (Å²) in [5.41, 5.74) is 2.57. The van der Waals surface area contributed by atoms with Crippen LogP contribution in [0.1, 0.15) is 33.6 Å². The molecule has 3 amide bonds. The molecule has 96 valence electrons. The van der Waals surface area contributed by atoms with E-state index in [2.05, 4.69) is 22.4 Å². The van der Waals surface area contributed by atoms with Crippen LogP contribution in [0, 0.1) is 0 Å². The molecule has 0 radical (unpaired) electrons. The zero-order valence-electron chi connectivity index (χ0n) is 10.6. The first-order valence-corrected chi connectivity index (χ1v) is 5.73. The van der Waals surface area contributed by atoms with Gasteiger partial charge in [0, 0.05) is 25.6 Å². The van der Waals surface area contributed by atoms with Gasteiger partial charge in [0.05, 0.1) is 0 Å². The molecule has 0 aromatic rings. The minimum absolute atomic E-state index is 0.247. The van der Waals surface area contributed by atoms with Gasteiger partial charge in [0.2, 0.25) is 5.91 Å². The molecule has 6 nitrogen and oxygen atoms in total. The number of nitrogens with one attached hydrogen (secondary N) is 2. The molecular weight excluding hydrogens is 220 g/mol. The third-order valence-corrected chi connectivity index (χ3v) is 1.97. The van der Waals surface area contributed by atoms with Crippen molar-refractivity contribution in [2.75, 3.05) is 6.54 Å². The number of rotatable bonds is 3. The van der Waals surface area contributed by atoms with Gasteiger partial charge in [0.1, 0.15) is 5.84 Å². The molecule has 1 aliphatic heterocycles. The summed E-state index contributed by atoms with van der Waals surface area (Å²) in [5.74, 6) is 0.336. The standard InChI is InChI=1S/C9H14N4O2.C2H6/c1-3-7(12-10-4-2)13-6-5-8(14)11-9(13)15;1-2/h4,10H,2-3,5-6H2,1H3,(H,11,14,15);1-2H3/b12-7+;. The monoisotopic (exact) mass is 240 g/mol. The van der Waals surface area contributed by atoms with Crippen LogP contribution in [0.5, 0.6) is 0 Å². The van der Waals surface area contributed by atoms with Crippen molar-refractivity contribution >= 4 is 17.8 Å².